The van der Waals surface area contributed by atoms with Crippen LogP contribution in [0.3, 0.4) is 0 Å². The van der Waals surface area contributed by atoms with Crippen molar-refractivity contribution in [2.75, 3.05) is 18.4 Å². The number of likely N-dealkylation sites (tertiary alicyclic amines) is 1. The first kappa shape index (κ1) is 16.5. The SMILES string of the molecule is Cn1nc(NC(=O)N2CCC(Cc3cccc(Cl)c3)C2)ccc1=O. The number of anilines is 1. The molecule has 0 saturated carbocycles. The summed E-state index contributed by atoms with van der Waals surface area (Å²) in [5.41, 5.74) is 0.977. The molecule has 126 valence electrons. The molecule has 1 aliphatic rings. The minimum atomic E-state index is -0.212. The maximum Gasteiger partial charge on any atom is 0.323 e. The van der Waals surface area contributed by atoms with Crippen LogP contribution in [0.2, 0.25) is 5.02 Å². The topological polar surface area (TPSA) is 67.2 Å². The summed E-state index contributed by atoms with van der Waals surface area (Å²) >= 11 is 6.02. The molecular weight excluding hydrogens is 328 g/mol. The Morgan fingerprint density at radius 2 is 2.21 bits per heavy atom. The Morgan fingerprint density at radius 1 is 1.38 bits per heavy atom. The zero-order chi connectivity index (χ0) is 17.1. The summed E-state index contributed by atoms with van der Waals surface area (Å²) in [5, 5.41) is 7.49. The number of amides is 2. The van der Waals surface area contributed by atoms with Gasteiger partial charge in [-0.05, 0) is 42.5 Å². The van der Waals surface area contributed by atoms with Gasteiger partial charge in [0.05, 0.1) is 0 Å². The van der Waals surface area contributed by atoms with E-state index in [4.69, 9.17) is 11.6 Å². The smallest absolute Gasteiger partial charge is 0.323 e. The van der Waals surface area contributed by atoms with Crippen molar-refractivity contribution in [3.63, 3.8) is 0 Å². The first-order valence-corrected chi connectivity index (χ1v) is 8.24. The average Bonchev–Trinajstić information content (AvgIpc) is 2.99. The number of nitrogens with zero attached hydrogens (tertiary/aromatic N) is 3. The highest BCUT2D eigenvalue weighted by Gasteiger charge is 2.26. The second kappa shape index (κ2) is 7.05. The maximum atomic E-state index is 12.3. The van der Waals surface area contributed by atoms with Crippen molar-refractivity contribution < 1.29 is 4.79 Å². The fraction of sp³-hybridized carbons (Fsp3) is 0.353. The summed E-state index contributed by atoms with van der Waals surface area (Å²) in [6.07, 6.45) is 1.86. The number of carbonyl (C=O) groups is 1. The van der Waals surface area contributed by atoms with Crippen molar-refractivity contribution in [2.24, 2.45) is 13.0 Å². The first-order valence-electron chi connectivity index (χ1n) is 7.86. The monoisotopic (exact) mass is 346 g/mol. The third-order valence-corrected chi connectivity index (χ3v) is 4.42. The van der Waals surface area contributed by atoms with Crippen LogP contribution in [0.4, 0.5) is 10.6 Å². The van der Waals surface area contributed by atoms with Crippen LogP contribution in [0, 0.1) is 5.92 Å². The van der Waals surface area contributed by atoms with Crippen LogP contribution in [0.25, 0.3) is 0 Å². The van der Waals surface area contributed by atoms with Crippen LogP contribution in [-0.2, 0) is 13.5 Å². The van der Waals surface area contributed by atoms with E-state index in [1.54, 1.807) is 11.9 Å². The molecule has 2 aromatic rings. The third kappa shape index (κ3) is 3.94. The minimum absolute atomic E-state index is 0.185. The van der Waals surface area contributed by atoms with Crippen molar-refractivity contribution in [2.45, 2.75) is 12.8 Å². The summed E-state index contributed by atoms with van der Waals surface area (Å²) in [7, 11) is 1.55. The lowest BCUT2D eigenvalue weighted by molar-refractivity contribution is 0.220. The van der Waals surface area contributed by atoms with Crippen LogP contribution < -0.4 is 10.9 Å². The molecule has 2 amide bonds. The van der Waals surface area contributed by atoms with E-state index in [9.17, 15) is 9.59 Å². The summed E-state index contributed by atoms with van der Waals surface area (Å²) < 4.78 is 1.20. The Labute approximate surface area is 145 Å². The van der Waals surface area contributed by atoms with Gasteiger partial charge < -0.3 is 4.90 Å². The molecule has 1 fully saturated rings. The summed E-state index contributed by atoms with van der Waals surface area (Å²) in [4.78, 5) is 25.4. The Balaban J connectivity index is 1.57. The molecule has 1 saturated heterocycles. The van der Waals surface area contributed by atoms with Gasteiger partial charge in [0.2, 0.25) is 0 Å². The van der Waals surface area contributed by atoms with Crippen LogP contribution in [0.15, 0.2) is 41.2 Å². The predicted molar refractivity (Wildman–Crippen MR) is 93.3 cm³/mol. The number of nitrogens with one attached hydrogen (secondary N) is 1. The molecule has 1 aromatic carbocycles. The number of aryl methyl sites for hydroxylation is 1. The molecule has 0 spiro atoms. The fourth-order valence-electron chi connectivity index (χ4n) is 2.94. The van der Waals surface area contributed by atoms with Crippen LogP contribution >= 0.6 is 11.6 Å². The molecule has 7 heteroatoms. The second-order valence-electron chi connectivity index (χ2n) is 6.05. The normalized spacial score (nSPS) is 17.1. The van der Waals surface area contributed by atoms with Crippen molar-refractivity contribution >= 4 is 23.4 Å². The third-order valence-electron chi connectivity index (χ3n) is 4.18. The van der Waals surface area contributed by atoms with Gasteiger partial charge in [-0.15, -0.1) is 0 Å². The predicted octanol–water partition coefficient (Wildman–Crippen LogP) is 2.53. The minimum Gasteiger partial charge on any atom is -0.324 e. The number of hydrogen-bond donors (Lipinski definition) is 1. The highest BCUT2D eigenvalue weighted by atomic mass is 35.5. The number of rotatable bonds is 3. The van der Waals surface area contributed by atoms with Gasteiger partial charge >= 0.3 is 6.03 Å². The van der Waals surface area contributed by atoms with E-state index in [1.165, 1.54) is 22.4 Å². The van der Waals surface area contributed by atoms with Gasteiger partial charge in [-0.25, -0.2) is 9.48 Å². The molecule has 1 aliphatic heterocycles. The van der Waals surface area contributed by atoms with Crippen molar-refractivity contribution in [3.05, 3.63) is 57.3 Å². The van der Waals surface area contributed by atoms with Gasteiger partial charge in [0.25, 0.3) is 5.56 Å². The Hall–Kier alpha value is -2.34. The molecule has 0 aliphatic carbocycles. The molecule has 3 rings (SSSR count). The van der Waals surface area contributed by atoms with Crippen LogP contribution in [0.1, 0.15) is 12.0 Å². The van der Waals surface area contributed by atoms with Gasteiger partial charge in [0, 0.05) is 31.2 Å². The van der Waals surface area contributed by atoms with Crippen molar-refractivity contribution in [1.82, 2.24) is 14.7 Å². The quantitative estimate of drug-likeness (QED) is 0.928. The maximum absolute atomic E-state index is 12.3. The first-order chi connectivity index (χ1) is 11.5. The van der Waals surface area contributed by atoms with Gasteiger partial charge in [-0.2, -0.15) is 5.10 Å². The Bertz CT molecular complexity index is 805. The van der Waals surface area contributed by atoms with E-state index in [1.807, 2.05) is 18.2 Å². The van der Waals surface area contributed by atoms with Gasteiger partial charge in [-0.3, -0.25) is 10.1 Å². The number of aromatic nitrogens is 2. The molecule has 1 unspecified atom stereocenters. The van der Waals surface area contributed by atoms with Crippen LogP contribution in [-0.4, -0.2) is 33.8 Å². The van der Waals surface area contributed by atoms with Crippen LogP contribution in [0.5, 0.6) is 0 Å². The lowest BCUT2D eigenvalue weighted by Gasteiger charge is -2.17. The highest BCUT2D eigenvalue weighted by Crippen LogP contribution is 2.22. The van der Waals surface area contributed by atoms with Crippen molar-refractivity contribution in [3.8, 4) is 0 Å². The zero-order valence-electron chi connectivity index (χ0n) is 13.4. The van der Waals surface area contributed by atoms with E-state index in [0.717, 1.165) is 17.9 Å². The molecule has 0 bridgehead atoms. The number of benzene rings is 1. The molecular formula is C17H19ClN4O2. The molecule has 2 heterocycles. The van der Waals surface area contributed by atoms with Gasteiger partial charge in [0.1, 0.15) is 0 Å². The summed E-state index contributed by atoms with van der Waals surface area (Å²) in [6.45, 7) is 1.41. The molecule has 1 atom stereocenters. The van der Waals surface area contributed by atoms with E-state index in [-0.39, 0.29) is 11.6 Å². The number of hydrogen-bond acceptors (Lipinski definition) is 3. The number of halogens is 1. The number of carbonyl (C=O) groups excluding carboxylic acids is 1. The van der Waals surface area contributed by atoms with E-state index in [2.05, 4.69) is 16.5 Å². The molecule has 24 heavy (non-hydrogen) atoms. The molecule has 1 aromatic heterocycles. The van der Waals surface area contributed by atoms with E-state index < -0.39 is 0 Å². The van der Waals surface area contributed by atoms with Gasteiger partial charge in [0.15, 0.2) is 5.82 Å². The standard InChI is InChI=1S/C17H19ClN4O2/c1-21-16(23)6-5-15(20-21)19-17(24)22-8-7-13(11-22)9-12-3-2-4-14(18)10-12/h2-6,10,13H,7-9,11H2,1H3,(H,19,20,24). The molecule has 0 radical (unpaired) electrons. The Morgan fingerprint density at radius 3 is 2.96 bits per heavy atom. The van der Waals surface area contributed by atoms with E-state index >= 15 is 0 Å². The highest BCUT2D eigenvalue weighted by molar-refractivity contribution is 6.30. The lowest BCUT2D eigenvalue weighted by Crippen LogP contribution is -2.34. The molecule has 1 N–H and O–H groups in total. The summed E-state index contributed by atoms with van der Waals surface area (Å²) in [5.74, 6) is 0.794. The fourth-order valence-corrected chi connectivity index (χ4v) is 3.15. The largest absolute Gasteiger partial charge is 0.324 e. The van der Waals surface area contributed by atoms with Crippen molar-refractivity contribution in [1.29, 1.82) is 0 Å². The average molecular weight is 347 g/mol. The lowest BCUT2D eigenvalue weighted by atomic mass is 9.99. The Kier molecular flexibility index (Phi) is 4.85. The van der Waals surface area contributed by atoms with E-state index in [0.29, 0.717) is 24.8 Å². The van der Waals surface area contributed by atoms with Gasteiger partial charge in [-0.1, -0.05) is 23.7 Å². The second-order valence-corrected chi connectivity index (χ2v) is 6.48. The molecule has 6 nitrogen and oxygen atoms in total. The zero-order valence-corrected chi connectivity index (χ0v) is 14.2. The number of urea groups is 1. The summed E-state index contributed by atoms with van der Waals surface area (Å²) in [6, 6.07) is 10.5.